The predicted octanol–water partition coefficient (Wildman–Crippen LogP) is 3.54. The molecule has 3 heterocycles. The lowest BCUT2D eigenvalue weighted by Crippen LogP contribution is -2.28. The van der Waals surface area contributed by atoms with Crippen LogP contribution >= 0.6 is 0 Å². The number of para-hydroxylation sites is 1. The number of ether oxygens (including phenoxy) is 1. The van der Waals surface area contributed by atoms with Gasteiger partial charge in [-0.15, -0.1) is 0 Å². The van der Waals surface area contributed by atoms with Crippen molar-refractivity contribution < 1.29 is 9.53 Å². The van der Waals surface area contributed by atoms with Crippen LogP contribution in [0.2, 0.25) is 0 Å². The summed E-state index contributed by atoms with van der Waals surface area (Å²) < 4.78 is 7.99. The summed E-state index contributed by atoms with van der Waals surface area (Å²) in [7, 11) is 0. The summed E-state index contributed by atoms with van der Waals surface area (Å²) in [6, 6.07) is 17.8. The third kappa shape index (κ3) is 3.57. The molecule has 3 aromatic rings. The van der Waals surface area contributed by atoms with Crippen molar-refractivity contribution in [3.8, 4) is 22.8 Å². The lowest BCUT2D eigenvalue weighted by atomic mass is 10.1. The van der Waals surface area contributed by atoms with Gasteiger partial charge in [0.1, 0.15) is 22.9 Å². The molecule has 5 rings (SSSR count). The van der Waals surface area contributed by atoms with E-state index >= 15 is 0 Å². The smallest absolute Gasteiger partial charge is 0.246 e. The number of hydrazine groups is 1. The Bertz CT molecular complexity index is 1110. The maximum atomic E-state index is 12.0. The highest BCUT2D eigenvalue weighted by Gasteiger charge is 2.34. The minimum atomic E-state index is -0.0269. The van der Waals surface area contributed by atoms with E-state index in [9.17, 15) is 4.79 Å². The summed E-state index contributed by atoms with van der Waals surface area (Å²) in [6.07, 6.45) is 3.10. The number of hydrogen-bond donors (Lipinski definition) is 1. The number of nitrogens with zero attached hydrogens (tertiary/aromatic N) is 4. The normalized spacial score (nSPS) is 17.6. The number of carbonyl (C=O) groups is 1. The highest BCUT2D eigenvalue weighted by Crippen LogP contribution is 2.39. The quantitative estimate of drug-likeness (QED) is 0.510. The first-order valence-electron chi connectivity index (χ1n) is 10.5. The largest absolute Gasteiger partial charge is 0.457 e. The van der Waals surface area contributed by atoms with Crippen molar-refractivity contribution in [2.24, 2.45) is 5.84 Å². The molecule has 1 saturated heterocycles. The van der Waals surface area contributed by atoms with Gasteiger partial charge in [0.15, 0.2) is 0 Å². The van der Waals surface area contributed by atoms with E-state index in [0.29, 0.717) is 6.54 Å². The van der Waals surface area contributed by atoms with Crippen molar-refractivity contribution in [3.63, 3.8) is 0 Å². The Morgan fingerprint density at radius 3 is 2.58 bits per heavy atom. The summed E-state index contributed by atoms with van der Waals surface area (Å²) in [6.45, 7) is 5.73. The second-order valence-electron chi connectivity index (χ2n) is 7.90. The van der Waals surface area contributed by atoms with Gasteiger partial charge in [-0.3, -0.25) is 9.48 Å². The van der Waals surface area contributed by atoms with Crippen LogP contribution in [0.15, 0.2) is 67.3 Å². The SMILES string of the molecule is C=CC(=O)N1CC[C@H](n2nc(-c3ccc(Oc4ccccc4)cc3)c3c2CCN3N)C1. The molecule has 2 aliphatic heterocycles. The lowest BCUT2D eigenvalue weighted by molar-refractivity contribution is -0.125. The van der Waals surface area contributed by atoms with Gasteiger partial charge < -0.3 is 14.6 Å². The van der Waals surface area contributed by atoms with Gasteiger partial charge >= 0.3 is 0 Å². The number of anilines is 1. The first-order chi connectivity index (χ1) is 15.1. The molecule has 2 aliphatic rings. The molecular weight excluding hydrogens is 390 g/mol. The van der Waals surface area contributed by atoms with Crippen LogP contribution in [-0.2, 0) is 11.2 Å². The number of hydrogen-bond acceptors (Lipinski definition) is 5. The summed E-state index contributed by atoms with van der Waals surface area (Å²) in [5.74, 6) is 7.84. The Morgan fingerprint density at radius 1 is 1.10 bits per heavy atom. The fraction of sp³-hybridized carbons (Fsp3) is 0.250. The van der Waals surface area contributed by atoms with Crippen LogP contribution in [-0.4, -0.2) is 40.2 Å². The standard InChI is InChI=1S/C24H25N5O2/c1-2-22(30)27-14-12-18(16-27)29-21-13-15-28(25)24(21)23(26-29)17-8-10-20(11-9-17)31-19-6-4-3-5-7-19/h2-11,18H,1,12-16,25H2/t18-/m0/s1. The van der Waals surface area contributed by atoms with Gasteiger partial charge in [0.2, 0.25) is 5.91 Å². The number of aromatic nitrogens is 2. The van der Waals surface area contributed by atoms with E-state index in [4.69, 9.17) is 15.7 Å². The number of carbonyl (C=O) groups excluding carboxylic acids is 1. The molecule has 0 aliphatic carbocycles. The van der Waals surface area contributed by atoms with E-state index < -0.39 is 0 Å². The van der Waals surface area contributed by atoms with Crippen LogP contribution in [0.25, 0.3) is 11.3 Å². The fourth-order valence-corrected chi connectivity index (χ4v) is 4.41. The molecule has 0 radical (unpaired) electrons. The number of amides is 1. The summed E-state index contributed by atoms with van der Waals surface area (Å²) in [4.78, 5) is 13.8. The molecule has 1 fully saturated rings. The zero-order chi connectivity index (χ0) is 21.4. The van der Waals surface area contributed by atoms with E-state index in [0.717, 1.165) is 60.1 Å². The molecular formula is C24H25N5O2. The van der Waals surface area contributed by atoms with Crippen LogP contribution < -0.4 is 15.6 Å². The van der Waals surface area contributed by atoms with Crippen LogP contribution in [0, 0.1) is 0 Å². The number of nitrogens with two attached hydrogens (primary N) is 1. The van der Waals surface area contributed by atoms with Crippen LogP contribution in [0.3, 0.4) is 0 Å². The van der Waals surface area contributed by atoms with E-state index in [2.05, 4.69) is 11.3 Å². The maximum Gasteiger partial charge on any atom is 0.246 e. The third-order valence-electron chi connectivity index (χ3n) is 5.96. The van der Waals surface area contributed by atoms with Gasteiger partial charge in [-0.25, -0.2) is 5.84 Å². The van der Waals surface area contributed by atoms with Gasteiger partial charge in [-0.2, -0.15) is 5.10 Å². The fourth-order valence-electron chi connectivity index (χ4n) is 4.41. The molecule has 7 nitrogen and oxygen atoms in total. The molecule has 0 unspecified atom stereocenters. The molecule has 0 bridgehead atoms. The second-order valence-corrected chi connectivity index (χ2v) is 7.90. The molecule has 0 spiro atoms. The molecule has 2 N–H and O–H groups in total. The summed E-state index contributed by atoms with van der Waals surface area (Å²) in [5, 5.41) is 6.74. The third-order valence-corrected chi connectivity index (χ3v) is 5.96. The Morgan fingerprint density at radius 2 is 1.84 bits per heavy atom. The lowest BCUT2D eigenvalue weighted by Gasteiger charge is -2.15. The van der Waals surface area contributed by atoms with E-state index in [1.807, 2.05) is 59.5 Å². The van der Waals surface area contributed by atoms with Gasteiger partial charge in [-0.05, 0) is 48.9 Å². The van der Waals surface area contributed by atoms with Crippen LogP contribution in [0.1, 0.15) is 18.2 Å². The Labute approximate surface area is 181 Å². The second kappa shape index (κ2) is 7.92. The highest BCUT2D eigenvalue weighted by atomic mass is 16.5. The molecule has 0 saturated carbocycles. The Balaban J connectivity index is 1.43. The monoisotopic (exact) mass is 415 g/mol. The average molecular weight is 415 g/mol. The molecule has 1 amide bonds. The van der Waals surface area contributed by atoms with Gasteiger partial charge in [0, 0.05) is 31.6 Å². The van der Waals surface area contributed by atoms with Crippen LogP contribution in [0.5, 0.6) is 11.5 Å². The van der Waals surface area contributed by atoms with Gasteiger partial charge in [0.25, 0.3) is 0 Å². The zero-order valence-electron chi connectivity index (χ0n) is 17.3. The Kier molecular flexibility index (Phi) is 4.95. The number of rotatable bonds is 5. The van der Waals surface area contributed by atoms with E-state index in [1.165, 1.54) is 6.08 Å². The topological polar surface area (TPSA) is 76.6 Å². The van der Waals surface area contributed by atoms with E-state index in [-0.39, 0.29) is 11.9 Å². The zero-order valence-corrected chi connectivity index (χ0v) is 17.3. The number of likely N-dealkylation sites (tertiary alicyclic amines) is 1. The number of fused-ring (bicyclic) bond motifs is 1. The van der Waals surface area contributed by atoms with Gasteiger partial charge in [-0.1, -0.05) is 24.8 Å². The highest BCUT2D eigenvalue weighted by molar-refractivity contribution is 5.87. The molecule has 7 heteroatoms. The van der Waals surface area contributed by atoms with Crippen molar-refractivity contribution in [3.05, 3.63) is 72.9 Å². The van der Waals surface area contributed by atoms with Gasteiger partial charge in [0.05, 0.1) is 11.7 Å². The molecule has 31 heavy (non-hydrogen) atoms. The number of benzene rings is 2. The summed E-state index contributed by atoms with van der Waals surface area (Å²) >= 11 is 0. The maximum absolute atomic E-state index is 12.0. The summed E-state index contributed by atoms with van der Waals surface area (Å²) in [5.41, 5.74) is 3.98. The molecule has 1 atom stereocenters. The minimum Gasteiger partial charge on any atom is -0.457 e. The predicted molar refractivity (Wildman–Crippen MR) is 120 cm³/mol. The van der Waals surface area contributed by atoms with E-state index in [1.54, 1.807) is 5.01 Å². The molecule has 2 aromatic carbocycles. The first-order valence-corrected chi connectivity index (χ1v) is 10.5. The van der Waals surface area contributed by atoms with Crippen molar-refractivity contribution in [2.45, 2.75) is 18.9 Å². The van der Waals surface area contributed by atoms with Crippen molar-refractivity contribution in [1.82, 2.24) is 14.7 Å². The first kappa shape index (κ1) is 19.4. The van der Waals surface area contributed by atoms with Crippen LogP contribution in [0.4, 0.5) is 5.69 Å². The van der Waals surface area contributed by atoms with Crippen molar-refractivity contribution in [2.75, 3.05) is 24.6 Å². The molecule has 158 valence electrons. The van der Waals surface area contributed by atoms with Crippen molar-refractivity contribution >= 4 is 11.6 Å². The average Bonchev–Trinajstić information content (AvgIpc) is 3.52. The minimum absolute atomic E-state index is 0.0269. The van der Waals surface area contributed by atoms with Crippen molar-refractivity contribution in [1.29, 1.82) is 0 Å². The molecule has 1 aromatic heterocycles. The Hall–Kier alpha value is -3.58.